The zero-order valence-electron chi connectivity index (χ0n) is 11.0. The van der Waals surface area contributed by atoms with Gasteiger partial charge in [0.2, 0.25) is 10.0 Å². The fourth-order valence-corrected chi connectivity index (χ4v) is 3.56. The van der Waals surface area contributed by atoms with Crippen LogP contribution in [0, 0.1) is 0 Å². The summed E-state index contributed by atoms with van der Waals surface area (Å²) in [5.41, 5.74) is -0.522. The molecule has 1 fully saturated rings. The Morgan fingerprint density at radius 3 is 2.50 bits per heavy atom. The van der Waals surface area contributed by atoms with E-state index >= 15 is 0 Å². The Labute approximate surface area is 117 Å². The molecule has 2 rings (SSSR count). The van der Waals surface area contributed by atoms with Crippen molar-refractivity contribution in [2.75, 3.05) is 33.2 Å². The van der Waals surface area contributed by atoms with Crippen molar-refractivity contribution in [2.45, 2.75) is 4.90 Å². The minimum Gasteiger partial charge on any atom is -0.872 e. The maximum atomic E-state index is 12.4. The van der Waals surface area contributed by atoms with Gasteiger partial charge < -0.3 is 15.1 Å². The molecular weight excluding hydrogens is 284 g/mol. The Morgan fingerprint density at radius 1 is 1.35 bits per heavy atom. The van der Waals surface area contributed by atoms with Crippen LogP contribution in [0.1, 0.15) is 10.4 Å². The number of benzene rings is 1. The summed E-state index contributed by atoms with van der Waals surface area (Å²) in [6.45, 7) is 2.17. The molecular formula is C12H16N2O5S. The smallest absolute Gasteiger partial charge is 0.335 e. The van der Waals surface area contributed by atoms with Gasteiger partial charge in [0, 0.05) is 0 Å². The number of carboxylic acids is 1. The normalized spacial score (nSPS) is 18.1. The second-order valence-corrected chi connectivity index (χ2v) is 6.76. The summed E-state index contributed by atoms with van der Waals surface area (Å²) in [6, 6.07) is 3.08. The quantitative estimate of drug-likeness (QED) is 0.671. The van der Waals surface area contributed by atoms with Crippen LogP contribution < -0.4 is 10.0 Å². The Bertz CT molecular complexity index is 621. The number of nitrogens with zero attached hydrogens (tertiary/aromatic N) is 1. The van der Waals surface area contributed by atoms with Crippen LogP contribution in [-0.2, 0) is 10.0 Å². The molecule has 0 bridgehead atoms. The molecule has 1 aromatic carbocycles. The van der Waals surface area contributed by atoms with E-state index in [0.29, 0.717) is 26.2 Å². The largest absolute Gasteiger partial charge is 0.872 e. The number of nitrogens with one attached hydrogen (secondary N) is 1. The Kier molecular flexibility index (Phi) is 3.98. The first-order chi connectivity index (χ1) is 9.32. The molecule has 0 saturated carbocycles. The molecule has 0 radical (unpaired) electrons. The van der Waals surface area contributed by atoms with Crippen molar-refractivity contribution in [3.05, 3.63) is 23.8 Å². The van der Waals surface area contributed by atoms with E-state index in [1.165, 1.54) is 9.21 Å². The molecule has 1 heterocycles. The van der Waals surface area contributed by atoms with Crippen LogP contribution in [0.5, 0.6) is 5.75 Å². The predicted octanol–water partition coefficient (Wildman–Crippen LogP) is -2.02. The van der Waals surface area contributed by atoms with Crippen molar-refractivity contribution >= 4 is 16.0 Å². The van der Waals surface area contributed by atoms with E-state index in [-0.39, 0.29) is 4.90 Å². The fraction of sp³-hybridized carbons (Fsp3) is 0.417. The first-order valence-electron chi connectivity index (χ1n) is 6.18. The van der Waals surface area contributed by atoms with E-state index in [1.54, 1.807) is 0 Å². The van der Waals surface area contributed by atoms with Crippen molar-refractivity contribution < 1.29 is 28.3 Å². The summed E-state index contributed by atoms with van der Waals surface area (Å²) in [5, 5.41) is 20.3. The lowest BCUT2D eigenvalue weighted by Crippen LogP contribution is -3.12. The third kappa shape index (κ3) is 2.77. The highest BCUT2D eigenvalue weighted by Gasteiger charge is 2.29. The number of hydrogen-bond donors (Lipinski definition) is 2. The lowest BCUT2D eigenvalue weighted by Gasteiger charge is -2.29. The van der Waals surface area contributed by atoms with Crippen LogP contribution in [0.3, 0.4) is 0 Å². The van der Waals surface area contributed by atoms with E-state index in [1.807, 2.05) is 7.05 Å². The molecule has 0 amide bonds. The molecule has 2 N–H and O–H groups in total. The van der Waals surface area contributed by atoms with Gasteiger partial charge >= 0.3 is 5.97 Å². The number of quaternary nitrogens is 1. The van der Waals surface area contributed by atoms with Crippen molar-refractivity contribution in [2.24, 2.45) is 0 Å². The molecule has 1 saturated heterocycles. The molecule has 1 aliphatic rings. The zero-order chi connectivity index (χ0) is 14.9. The maximum absolute atomic E-state index is 12.4. The predicted molar refractivity (Wildman–Crippen MR) is 68.2 cm³/mol. The molecule has 20 heavy (non-hydrogen) atoms. The van der Waals surface area contributed by atoms with Gasteiger partial charge in [-0.3, -0.25) is 0 Å². The minimum atomic E-state index is -3.74. The van der Waals surface area contributed by atoms with E-state index in [2.05, 4.69) is 0 Å². The number of likely N-dealkylation sites (N-methyl/N-ethyl adjacent to an activating group) is 1. The molecule has 0 spiro atoms. The van der Waals surface area contributed by atoms with Crippen molar-refractivity contribution in [1.29, 1.82) is 0 Å². The average molecular weight is 300 g/mol. The van der Waals surface area contributed by atoms with E-state index in [0.717, 1.165) is 18.2 Å². The molecule has 0 aromatic heterocycles. The van der Waals surface area contributed by atoms with Crippen LogP contribution in [-0.4, -0.2) is 57.0 Å². The zero-order valence-corrected chi connectivity index (χ0v) is 11.8. The number of carbonyl (C=O) groups is 1. The van der Waals surface area contributed by atoms with Gasteiger partial charge in [-0.1, -0.05) is 11.8 Å². The van der Waals surface area contributed by atoms with Crippen molar-refractivity contribution in [1.82, 2.24) is 4.31 Å². The number of rotatable bonds is 3. The summed E-state index contributed by atoms with van der Waals surface area (Å²) in [6.07, 6.45) is 0. The molecule has 0 atom stereocenters. The molecule has 110 valence electrons. The SMILES string of the molecule is C[NH+]1CCN(S(=O)(=O)c2ccc([O-])c(C(=O)O)c2)CC1. The highest BCUT2D eigenvalue weighted by Crippen LogP contribution is 2.22. The highest BCUT2D eigenvalue weighted by molar-refractivity contribution is 7.89. The maximum Gasteiger partial charge on any atom is 0.335 e. The van der Waals surface area contributed by atoms with Gasteiger partial charge in [-0.05, 0) is 12.1 Å². The van der Waals surface area contributed by atoms with E-state index in [9.17, 15) is 18.3 Å². The monoisotopic (exact) mass is 300 g/mol. The van der Waals surface area contributed by atoms with E-state index < -0.39 is 27.3 Å². The lowest BCUT2D eigenvalue weighted by molar-refractivity contribution is -0.883. The molecule has 0 aliphatic carbocycles. The standard InChI is InChI=1S/C12H16N2O5S/c1-13-4-6-14(7-5-13)20(18,19)9-2-3-11(15)10(8-9)12(16)17/h2-3,8,15H,4-7H2,1H3,(H,16,17). The second-order valence-electron chi connectivity index (χ2n) is 4.82. The third-order valence-electron chi connectivity index (χ3n) is 3.40. The third-order valence-corrected chi connectivity index (χ3v) is 5.29. The lowest BCUT2D eigenvalue weighted by atomic mass is 10.2. The number of carboxylic acid groups (broad SMARTS) is 1. The van der Waals surface area contributed by atoms with Crippen LogP contribution >= 0.6 is 0 Å². The van der Waals surface area contributed by atoms with Crippen LogP contribution in [0.2, 0.25) is 0 Å². The molecule has 1 aromatic rings. The summed E-state index contributed by atoms with van der Waals surface area (Å²) in [7, 11) is -1.76. The van der Waals surface area contributed by atoms with Crippen molar-refractivity contribution in [3.8, 4) is 5.75 Å². The molecule has 8 heteroatoms. The fourth-order valence-electron chi connectivity index (χ4n) is 2.09. The summed E-state index contributed by atoms with van der Waals surface area (Å²) < 4.78 is 26.1. The van der Waals surface area contributed by atoms with Gasteiger partial charge in [0.15, 0.2) is 0 Å². The van der Waals surface area contributed by atoms with Gasteiger partial charge in [0.25, 0.3) is 0 Å². The Hall–Kier alpha value is -1.64. The first-order valence-corrected chi connectivity index (χ1v) is 7.62. The van der Waals surface area contributed by atoms with Gasteiger partial charge in [-0.2, -0.15) is 4.31 Å². The second kappa shape index (κ2) is 5.39. The Balaban J connectivity index is 2.35. The van der Waals surface area contributed by atoms with Gasteiger partial charge in [-0.25, -0.2) is 13.2 Å². The summed E-state index contributed by atoms with van der Waals surface area (Å²) >= 11 is 0. The summed E-state index contributed by atoms with van der Waals surface area (Å²) in [5.74, 6) is -2.12. The minimum absolute atomic E-state index is 0.144. The topological polar surface area (TPSA) is 102 Å². The van der Waals surface area contributed by atoms with Crippen molar-refractivity contribution in [3.63, 3.8) is 0 Å². The summed E-state index contributed by atoms with van der Waals surface area (Å²) in [4.78, 5) is 12.0. The Morgan fingerprint density at radius 2 is 1.95 bits per heavy atom. The number of sulfonamides is 1. The van der Waals surface area contributed by atoms with Gasteiger partial charge in [-0.15, -0.1) is 0 Å². The molecule has 0 unspecified atom stereocenters. The van der Waals surface area contributed by atoms with Gasteiger partial charge in [0.05, 0.1) is 43.7 Å². The number of hydrogen-bond acceptors (Lipinski definition) is 4. The highest BCUT2D eigenvalue weighted by atomic mass is 32.2. The van der Waals surface area contributed by atoms with Crippen LogP contribution in [0.15, 0.2) is 23.1 Å². The number of piperazine rings is 1. The van der Waals surface area contributed by atoms with Gasteiger partial charge in [0.1, 0.15) is 0 Å². The average Bonchev–Trinajstić information content (AvgIpc) is 2.39. The van der Waals surface area contributed by atoms with Crippen LogP contribution in [0.25, 0.3) is 0 Å². The van der Waals surface area contributed by atoms with Crippen LogP contribution in [0.4, 0.5) is 0 Å². The first kappa shape index (κ1) is 14.8. The number of aromatic carboxylic acids is 1. The van der Waals surface area contributed by atoms with E-state index in [4.69, 9.17) is 5.11 Å². The molecule has 1 aliphatic heterocycles. The molecule has 7 nitrogen and oxygen atoms in total.